The summed E-state index contributed by atoms with van der Waals surface area (Å²) in [6.45, 7) is 2.07. The maximum absolute atomic E-state index is 6.91. The van der Waals surface area contributed by atoms with Gasteiger partial charge in [0.2, 0.25) is 0 Å². The zero-order valence-electron chi connectivity index (χ0n) is 8.76. The Morgan fingerprint density at radius 2 is 2.38 bits per heavy atom. The maximum atomic E-state index is 6.91. The van der Waals surface area contributed by atoms with Crippen molar-refractivity contribution in [1.29, 1.82) is 0 Å². The molecular formula is C12H11N. The Morgan fingerprint density at radius 1 is 1.54 bits per heavy atom. The molecule has 13 heavy (non-hydrogen) atoms. The van der Waals surface area contributed by atoms with Crippen molar-refractivity contribution in [3.05, 3.63) is 35.5 Å². The van der Waals surface area contributed by atoms with Crippen LogP contribution in [0.25, 0.3) is 10.9 Å². The van der Waals surface area contributed by atoms with E-state index in [1.54, 1.807) is 0 Å². The molecule has 0 saturated carbocycles. The van der Waals surface area contributed by atoms with Gasteiger partial charge in [0.05, 0.1) is 0 Å². The molecule has 1 aromatic carbocycles. The molecule has 1 nitrogen and oxygen atoms in total. The minimum absolute atomic E-state index is 0.932. The van der Waals surface area contributed by atoms with Crippen molar-refractivity contribution in [3.63, 3.8) is 0 Å². The first-order valence-corrected chi connectivity index (χ1v) is 4.22. The molecule has 0 amide bonds. The lowest BCUT2D eigenvalue weighted by molar-refractivity contribution is 0.918. The molecule has 0 saturated heterocycles. The zero-order valence-corrected chi connectivity index (χ0v) is 7.76. The summed E-state index contributed by atoms with van der Waals surface area (Å²) < 4.78 is 9.04. The monoisotopic (exact) mass is 171 g/mol. The van der Waals surface area contributed by atoms with Gasteiger partial charge in [0, 0.05) is 29.2 Å². The molecule has 1 heteroatoms. The second-order valence-electron chi connectivity index (χ2n) is 3.21. The number of fused-ring (bicyclic) bond motifs is 1. The molecule has 0 bridgehead atoms. The lowest BCUT2D eigenvalue weighted by Gasteiger charge is -1.98. The van der Waals surface area contributed by atoms with Gasteiger partial charge in [-0.1, -0.05) is 12.0 Å². The standard InChI is InChI=1S/C12H11N/c1-4-10-6-5-7-12-11(10)8-9(2)13(12)3/h1,5-8H,2-3H3/i1T. The molecule has 0 unspecified atom stereocenters. The van der Waals surface area contributed by atoms with Crippen molar-refractivity contribution in [2.45, 2.75) is 6.92 Å². The van der Waals surface area contributed by atoms with Gasteiger partial charge in [-0.2, -0.15) is 0 Å². The van der Waals surface area contributed by atoms with E-state index in [0.717, 1.165) is 10.9 Å². The second kappa shape index (κ2) is 2.67. The number of rotatable bonds is 0. The van der Waals surface area contributed by atoms with E-state index < -0.39 is 0 Å². The zero-order chi connectivity index (χ0) is 10.1. The molecule has 1 aromatic heterocycles. The third-order valence-electron chi connectivity index (χ3n) is 2.46. The number of hydrogen-bond acceptors (Lipinski definition) is 0. The molecule has 0 fully saturated rings. The van der Waals surface area contributed by atoms with Gasteiger partial charge in [0.25, 0.3) is 0 Å². The summed E-state index contributed by atoms with van der Waals surface area (Å²) in [7, 11) is 2.04. The highest BCUT2D eigenvalue weighted by molar-refractivity contribution is 5.87. The molecule has 64 valence electrons. The summed E-state index contributed by atoms with van der Waals surface area (Å²) in [6.07, 6.45) is 2.20. The van der Waals surface area contributed by atoms with Crippen LogP contribution in [0.1, 0.15) is 12.6 Å². The summed E-state index contributed by atoms with van der Waals surface area (Å²) in [5.74, 6) is 2.79. The fraction of sp³-hybridized carbons (Fsp3) is 0.167. The number of aromatic nitrogens is 1. The molecule has 0 radical (unpaired) electrons. The van der Waals surface area contributed by atoms with Crippen LogP contribution in [0.5, 0.6) is 0 Å². The molecule has 2 aromatic rings. The Hall–Kier alpha value is -1.68. The molecular weight excluding hydrogens is 158 g/mol. The van der Waals surface area contributed by atoms with Crippen LogP contribution < -0.4 is 0 Å². The number of terminal acetylenes is 1. The average molecular weight is 171 g/mol. The summed E-state index contributed by atoms with van der Waals surface area (Å²) in [5.41, 5.74) is 3.31. The number of benzene rings is 1. The Balaban J connectivity index is 2.85. The third kappa shape index (κ3) is 1.03. The second-order valence-corrected chi connectivity index (χ2v) is 3.21. The van der Waals surface area contributed by atoms with E-state index in [4.69, 9.17) is 1.37 Å². The molecule has 0 spiro atoms. The van der Waals surface area contributed by atoms with E-state index in [9.17, 15) is 0 Å². The fourth-order valence-corrected chi connectivity index (χ4v) is 1.60. The number of aryl methyl sites for hydroxylation is 2. The van der Waals surface area contributed by atoms with E-state index in [2.05, 4.69) is 35.9 Å². The highest BCUT2D eigenvalue weighted by atomic mass is 14.9. The van der Waals surface area contributed by atoms with Crippen molar-refractivity contribution in [2.24, 2.45) is 7.05 Å². The fourth-order valence-electron chi connectivity index (χ4n) is 1.60. The Kier molecular flexibility index (Phi) is 1.40. The van der Waals surface area contributed by atoms with Gasteiger partial charge in [-0.25, -0.2) is 0 Å². The Bertz CT molecular complexity index is 540. The highest BCUT2D eigenvalue weighted by Gasteiger charge is 2.03. The minimum Gasteiger partial charge on any atom is -0.348 e. The van der Waals surface area contributed by atoms with E-state index in [1.165, 1.54) is 11.2 Å². The lowest BCUT2D eigenvalue weighted by Crippen LogP contribution is -1.88. The SMILES string of the molecule is [3H]C#Cc1cccc2c1cc(C)n2C. The van der Waals surface area contributed by atoms with Gasteiger partial charge < -0.3 is 4.57 Å². The van der Waals surface area contributed by atoms with Crippen molar-refractivity contribution in [1.82, 2.24) is 4.57 Å². The van der Waals surface area contributed by atoms with Gasteiger partial charge in [0.1, 0.15) is 1.37 Å². The summed E-state index contributed by atoms with van der Waals surface area (Å²) in [5, 5.41) is 1.13. The van der Waals surface area contributed by atoms with Crippen LogP contribution >= 0.6 is 0 Å². The van der Waals surface area contributed by atoms with Crippen LogP contribution in [0, 0.1) is 19.2 Å². The average Bonchev–Trinajstić information content (AvgIpc) is 2.46. The Morgan fingerprint density at radius 3 is 3.15 bits per heavy atom. The normalized spacial score (nSPS) is 10.8. The van der Waals surface area contributed by atoms with Gasteiger partial charge in [0.15, 0.2) is 0 Å². The molecule has 1 heterocycles. The van der Waals surface area contributed by atoms with Crippen molar-refractivity contribution in [3.8, 4) is 12.3 Å². The van der Waals surface area contributed by atoms with E-state index in [1.807, 2.05) is 19.2 Å². The van der Waals surface area contributed by atoms with Crippen LogP contribution in [0.2, 0.25) is 0 Å². The topological polar surface area (TPSA) is 4.93 Å². The maximum Gasteiger partial charge on any atom is 0.124 e. The largest absolute Gasteiger partial charge is 0.348 e. The van der Waals surface area contributed by atoms with Crippen LogP contribution in [-0.2, 0) is 7.05 Å². The Labute approximate surface area is 79.4 Å². The van der Waals surface area contributed by atoms with E-state index >= 15 is 0 Å². The van der Waals surface area contributed by atoms with E-state index in [0.29, 0.717) is 0 Å². The molecule has 0 N–H and O–H groups in total. The van der Waals surface area contributed by atoms with Crippen LogP contribution in [0.15, 0.2) is 24.3 Å². The van der Waals surface area contributed by atoms with Crippen molar-refractivity contribution < 1.29 is 1.37 Å². The van der Waals surface area contributed by atoms with Crippen molar-refractivity contribution >= 4 is 10.9 Å². The van der Waals surface area contributed by atoms with Crippen LogP contribution in [-0.4, -0.2) is 4.57 Å². The smallest absolute Gasteiger partial charge is 0.124 e. The van der Waals surface area contributed by atoms with Crippen LogP contribution in [0.3, 0.4) is 0 Å². The first kappa shape index (κ1) is 6.80. The molecule has 0 aliphatic heterocycles. The quantitative estimate of drug-likeness (QED) is 0.537. The van der Waals surface area contributed by atoms with Gasteiger partial charge in [-0.05, 0) is 25.1 Å². The molecule has 0 aliphatic carbocycles. The lowest BCUT2D eigenvalue weighted by atomic mass is 10.1. The highest BCUT2D eigenvalue weighted by Crippen LogP contribution is 2.21. The summed E-state index contributed by atoms with van der Waals surface area (Å²) >= 11 is 0. The predicted molar refractivity (Wildman–Crippen MR) is 55.6 cm³/mol. The first-order valence-electron chi connectivity index (χ1n) is 4.72. The molecule has 2 rings (SSSR count). The van der Waals surface area contributed by atoms with E-state index in [-0.39, 0.29) is 0 Å². The van der Waals surface area contributed by atoms with Gasteiger partial charge in [-0.3, -0.25) is 0 Å². The molecule has 0 atom stereocenters. The number of hydrogen-bond donors (Lipinski definition) is 0. The third-order valence-corrected chi connectivity index (χ3v) is 2.46. The number of nitrogens with zero attached hydrogens (tertiary/aromatic N) is 1. The predicted octanol–water partition coefficient (Wildman–Crippen LogP) is 2.47. The summed E-state index contributed by atoms with van der Waals surface area (Å²) in [6, 6.07) is 8.09. The first-order chi connectivity index (χ1) is 6.74. The van der Waals surface area contributed by atoms with Crippen LogP contribution in [0.4, 0.5) is 0 Å². The molecule has 0 aliphatic rings. The van der Waals surface area contributed by atoms with Crippen molar-refractivity contribution in [2.75, 3.05) is 0 Å². The van der Waals surface area contributed by atoms with Gasteiger partial charge in [-0.15, -0.1) is 6.40 Å². The van der Waals surface area contributed by atoms with Gasteiger partial charge >= 0.3 is 0 Å². The minimum atomic E-state index is 0.932. The summed E-state index contributed by atoms with van der Waals surface area (Å²) in [4.78, 5) is 0.